The highest BCUT2D eigenvalue weighted by molar-refractivity contribution is 5.89. The Hall–Kier alpha value is -1.75. The maximum Gasteiger partial charge on any atom is 0.319 e. The summed E-state index contributed by atoms with van der Waals surface area (Å²) in [5.74, 6) is 0.731. The van der Waals surface area contributed by atoms with Crippen molar-refractivity contribution in [2.75, 3.05) is 19.0 Å². The van der Waals surface area contributed by atoms with Gasteiger partial charge < -0.3 is 20.5 Å². The molecule has 0 saturated carbocycles. The Morgan fingerprint density at radius 3 is 2.50 bits per heavy atom. The fourth-order valence-corrected chi connectivity index (χ4v) is 1.25. The van der Waals surface area contributed by atoms with Gasteiger partial charge in [0.15, 0.2) is 0 Å². The number of hydrogen-bond acceptors (Lipinski definition) is 3. The summed E-state index contributed by atoms with van der Waals surface area (Å²) >= 11 is 0. The number of rotatable bonds is 5. The summed E-state index contributed by atoms with van der Waals surface area (Å²) in [6.07, 6.45) is 0.579. The molecule has 1 aromatic rings. The van der Waals surface area contributed by atoms with Crippen LogP contribution < -0.4 is 15.4 Å². The monoisotopic (exact) mass is 252 g/mol. The van der Waals surface area contributed by atoms with Gasteiger partial charge in [-0.1, -0.05) is 6.92 Å². The average Bonchev–Trinajstić information content (AvgIpc) is 2.37. The van der Waals surface area contributed by atoms with Crippen LogP contribution in [0.2, 0.25) is 0 Å². The van der Waals surface area contributed by atoms with Gasteiger partial charge in [0, 0.05) is 12.2 Å². The quantitative estimate of drug-likeness (QED) is 0.750. The molecule has 0 spiro atoms. The first-order valence-electron chi connectivity index (χ1n) is 5.88. The molecule has 100 valence electrons. The summed E-state index contributed by atoms with van der Waals surface area (Å²) in [6, 6.07) is 6.68. The van der Waals surface area contributed by atoms with Crippen molar-refractivity contribution in [3.05, 3.63) is 24.3 Å². The minimum atomic E-state index is -0.878. The topological polar surface area (TPSA) is 70.6 Å². The predicted octanol–water partition coefficient (Wildman–Crippen LogP) is 1.98. The second-order valence-corrected chi connectivity index (χ2v) is 4.39. The van der Waals surface area contributed by atoms with E-state index in [2.05, 4.69) is 10.6 Å². The summed E-state index contributed by atoms with van der Waals surface area (Å²) in [7, 11) is 1.59. The highest BCUT2D eigenvalue weighted by atomic mass is 16.5. The molecule has 1 aromatic carbocycles. The van der Waals surface area contributed by atoms with E-state index in [-0.39, 0.29) is 12.6 Å². The summed E-state index contributed by atoms with van der Waals surface area (Å²) in [5, 5.41) is 15.0. The van der Waals surface area contributed by atoms with Gasteiger partial charge in [0.25, 0.3) is 0 Å². The highest BCUT2D eigenvalue weighted by Gasteiger charge is 2.18. The van der Waals surface area contributed by atoms with E-state index >= 15 is 0 Å². The van der Waals surface area contributed by atoms with Crippen LogP contribution in [0.5, 0.6) is 5.75 Å². The molecule has 0 fully saturated rings. The largest absolute Gasteiger partial charge is 0.497 e. The Labute approximate surface area is 107 Å². The van der Waals surface area contributed by atoms with Crippen molar-refractivity contribution >= 4 is 11.7 Å². The van der Waals surface area contributed by atoms with Crippen LogP contribution in [-0.2, 0) is 0 Å². The number of aliphatic hydroxyl groups is 1. The molecular weight excluding hydrogens is 232 g/mol. The van der Waals surface area contributed by atoms with Crippen molar-refractivity contribution in [1.29, 1.82) is 0 Å². The van der Waals surface area contributed by atoms with E-state index in [1.54, 1.807) is 38.3 Å². The SMILES string of the molecule is CCC(C)(O)CNC(=O)Nc1ccc(OC)cc1. The summed E-state index contributed by atoms with van der Waals surface area (Å²) in [5.41, 5.74) is -0.207. The number of carbonyl (C=O) groups is 1. The van der Waals surface area contributed by atoms with E-state index in [1.165, 1.54) is 0 Å². The summed E-state index contributed by atoms with van der Waals surface area (Å²) < 4.78 is 5.02. The molecule has 0 aromatic heterocycles. The first-order valence-corrected chi connectivity index (χ1v) is 5.88. The van der Waals surface area contributed by atoms with Crippen LogP contribution >= 0.6 is 0 Å². The van der Waals surface area contributed by atoms with Gasteiger partial charge in [-0.15, -0.1) is 0 Å². The van der Waals surface area contributed by atoms with Gasteiger partial charge in [0.05, 0.1) is 12.7 Å². The third-order valence-corrected chi connectivity index (χ3v) is 2.74. The minimum Gasteiger partial charge on any atom is -0.497 e. The maximum absolute atomic E-state index is 11.6. The van der Waals surface area contributed by atoms with Gasteiger partial charge >= 0.3 is 6.03 Å². The van der Waals surface area contributed by atoms with E-state index in [9.17, 15) is 9.90 Å². The Balaban J connectivity index is 2.44. The Kier molecular flexibility index (Phi) is 4.97. The minimum absolute atomic E-state index is 0.214. The zero-order valence-corrected chi connectivity index (χ0v) is 11.0. The predicted molar refractivity (Wildman–Crippen MR) is 70.9 cm³/mol. The maximum atomic E-state index is 11.6. The van der Waals surface area contributed by atoms with E-state index in [4.69, 9.17) is 4.74 Å². The van der Waals surface area contributed by atoms with Crippen molar-refractivity contribution in [2.45, 2.75) is 25.9 Å². The first kappa shape index (κ1) is 14.3. The van der Waals surface area contributed by atoms with Crippen LogP contribution in [0.1, 0.15) is 20.3 Å². The summed E-state index contributed by atoms with van der Waals surface area (Å²) in [4.78, 5) is 11.6. The van der Waals surface area contributed by atoms with Crippen molar-refractivity contribution in [3.8, 4) is 5.75 Å². The second kappa shape index (κ2) is 6.26. The van der Waals surface area contributed by atoms with Crippen molar-refractivity contribution in [3.63, 3.8) is 0 Å². The molecule has 0 bridgehead atoms. The molecule has 0 heterocycles. The molecule has 1 rings (SSSR count). The lowest BCUT2D eigenvalue weighted by Crippen LogP contribution is -2.41. The van der Waals surface area contributed by atoms with Gasteiger partial charge in [0.2, 0.25) is 0 Å². The molecule has 5 heteroatoms. The van der Waals surface area contributed by atoms with E-state index in [0.29, 0.717) is 12.1 Å². The lowest BCUT2D eigenvalue weighted by molar-refractivity contribution is 0.0587. The highest BCUT2D eigenvalue weighted by Crippen LogP contribution is 2.14. The number of carbonyl (C=O) groups excluding carboxylic acids is 1. The molecule has 2 amide bonds. The van der Waals surface area contributed by atoms with Gasteiger partial charge in [-0.2, -0.15) is 0 Å². The number of nitrogens with one attached hydrogen (secondary N) is 2. The molecule has 1 atom stereocenters. The lowest BCUT2D eigenvalue weighted by Gasteiger charge is -2.21. The Bertz CT molecular complexity index is 388. The van der Waals surface area contributed by atoms with Gasteiger partial charge in [-0.3, -0.25) is 0 Å². The van der Waals surface area contributed by atoms with E-state index in [1.807, 2.05) is 6.92 Å². The molecule has 0 aliphatic rings. The first-order chi connectivity index (χ1) is 8.46. The lowest BCUT2D eigenvalue weighted by atomic mass is 10.0. The number of methoxy groups -OCH3 is 1. The zero-order chi connectivity index (χ0) is 13.6. The molecule has 0 radical (unpaired) electrons. The van der Waals surface area contributed by atoms with E-state index in [0.717, 1.165) is 5.75 Å². The number of amides is 2. The van der Waals surface area contributed by atoms with Gasteiger partial charge in [-0.25, -0.2) is 4.79 Å². The zero-order valence-electron chi connectivity index (χ0n) is 11.0. The normalized spacial score (nSPS) is 13.6. The molecule has 0 saturated heterocycles. The van der Waals surface area contributed by atoms with Gasteiger partial charge in [0.1, 0.15) is 5.75 Å². The van der Waals surface area contributed by atoms with Crippen molar-refractivity contribution in [1.82, 2.24) is 5.32 Å². The summed E-state index contributed by atoms with van der Waals surface area (Å²) in [6.45, 7) is 3.76. The fraction of sp³-hybridized carbons (Fsp3) is 0.462. The van der Waals surface area contributed by atoms with Crippen LogP contribution in [0.15, 0.2) is 24.3 Å². The van der Waals surface area contributed by atoms with Crippen LogP contribution in [-0.4, -0.2) is 30.4 Å². The number of benzene rings is 1. The molecule has 5 nitrogen and oxygen atoms in total. The second-order valence-electron chi connectivity index (χ2n) is 4.39. The average molecular weight is 252 g/mol. The number of anilines is 1. The molecule has 0 aliphatic heterocycles. The smallest absolute Gasteiger partial charge is 0.319 e. The molecule has 1 unspecified atom stereocenters. The Morgan fingerprint density at radius 1 is 1.39 bits per heavy atom. The van der Waals surface area contributed by atoms with Crippen molar-refractivity contribution < 1.29 is 14.6 Å². The fourth-order valence-electron chi connectivity index (χ4n) is 1.25. The standard InChI is InChI=1S/C13H20N2O3/c1-4-13(2,17)9-14-12(16)15-10-5-7-11(18-3)8-6-10/h5-8,17H,4,9H2,1-3H3,(H2,14,15,16). The molecule has 3 N–H and O–H groups in total. The van der Waals surface area contributed by atoms with Crippen LogP contribution in [0.3, 0.4) is 0 Å². The number of hydrogen-bond donors (Lipinski definition) is 3. The van der Waals surface area contributed by atoms with Gasteiger partial charge in [-0.05, 0) is 37.6 Å². The van der Waals surface area contributed by atoms with Crippen LogP contribution in [0, 0.1) is 0 Å². The molecular formula is C13H20N2O3. The van der Waals surface area contributed by atoms with Crippen LogP contribution in [0.25, 0.3) is 0 Å². The third-order valence-electron chi connectivity index (χ3n) is 2.74. The van der Waals surface area contributed by atoms with E-state index < -0.39 is 5.60 Å². The molecule has 18 heavy (non-hydrogen) atoms. The number of ether oxygens (including phenoxy) is 1. The number of urea groups is 1. The van der Waals surface area contributed by atoms with Crippen LogP contribution in [0.4, 0.5) is 10.5 Å². The third kappa shape index (κ3) is 4.63. The molecule has 0 aliphatic carbocycles. The Morgan fingerprint density at radius 2 is 2.00 bits per heavy atom. The van der Waals surface area contributed by atoms with Crippen molar-refractivity contribution in [2.24, 2.45) is 0 Å².